The van der Waals surface area contributed by atoms with Crippen LogP contribution in [0.5, 0.6) is 0 Å². The first-order chi connectivity index (χ1) is 8.61. The highest BCUT2D eigenvalue weighted by Gasteiger charge is 2.13. The van der Waals surface area contributed by atoms with Crippen LogP contribution in [0.3, 0.4) is 0 Å². The SMILES string of the molecule is O=CNc1cc(-c2ccc(F)nc2F)c(F)cn1. The van der Waals surface area contributed by atoms with Crippen LogP contribution in [-0.2, 0) is 4.79 Å². The van der Waals surface area contributed by atoms with E-state index in [0.29, 0.717) is 6.41 Å². The van der Waals surface area contributed by atoms with Gasteiger partial charge < -0.3 is 5.32 Å². The first kappa shape index (κ1) is 12.0. The molecule has 0 saturated carbocycles. The summed E-state index contributed by atoms with van der Waals surface area (Å²) in [5, 5.41) is 2.20. The smallest absolute Gasteiger partial charge is 0.223 e. The predicted octanol–water partition coefficient (Wildman–Crippen LogP) is 2.13. The van der Waals surface area contributed by atoms with E-state index in [0.717, 1.165) is 24.4 Å². The second-order valence-corrected chi connectivity index (χ2v) is 3.28. The largest absolute Gasteiger partial charge is 0.313 e. The van der Waals surface area contributed by atoms with Gasteiger partial charge in [0.15, 0.2) is 0 Å². The molecule has 0 atom stereocenters. The number of amides is 1. The Bertz CT molecular complexity index is 604. The van der Waals surface area contributed by atoms with Gasteiger partial charge in [0, 0.05) is 11.1 Å². The van der Waals surface area contributed by atoms with E-state index in [-0.39, 0.29) is 16.9 Å². The number of carbonyl (C=O) groups excluding carboxylic acids is 1. The van der Waals surface area contributed by atoms with E-state index in [4.69, 9.17) is 0 Å². The van der Waals surface area contributed by atoms with Crippen molar-refractivity contribution in [3.05, 3.63) is 42.1 Å². The third kappa shape index (κ3) is 2.29. The molecule has 4 nitrogen and oxygen atoms in total. The second-order valence-electron chi connectivity index (χ2n) is 3.28. The normalized spacial score (nSPS) is 10.2. The highest BCUT2D eigenvalue weighted by Crippen LogP contribution is 2.26. The lowest BCUT2D eigenvalue weighted by Crippen LogP contribution is -2.00. The Morgan fingerprint density at radius 3 is 2.61 bits per heavy atom. The maximum absolute atomic E-state index is 13.5. The lowest BCUT2D eigenvalue weighted by Gasteiger charge is -2.06. The first-order valence-corrected chi connectivity index (χ1v) is 4.80. The molecule has 2 aromatic heterocycles. The van der Waals surface area contributed by atoms with Crippen molar-refractivity contribution in [1.29, 1.82) is 0 Å². The van der Waals surface area contributed by atoms with E-state index in [2.05, 4.69) is 15.3 Å². The molecule has 7 heteroatoms. The number of halogens is 3. The monoisotopic (exact) mass is 253 g/mol. The van der Waals surface area contributed by atoms with Gasteiger partial charge in [-0.05, 0) is 18.2 Å². The highest BCUT2D eigenvalue weighted by atomic mass is 19.1. The van der Waals surface area contributed by atoms with Crippen molar-refractivity contribution in [2.75, 3.05) is 5.32 Å². The standard InChI is InChI=1S/C11H6F3N3O/c12-8-4-15-10(16-5-18)3-7(8)6-1-2-9(13)17-11(6)14/h1-5H,(H,15,16,18). The maximum atomic E-state index is 13.5. The van der Waals surface area contributed by atoms with E-state index in [1.54, 1.807) is 0 Å². The van der Waals surface area contributed by atoms with Gasteiger partial charge in [0.25, 0.3) is 0 Å². The van der Waals surface area contributed by atoms with Crippen molar-refractivity contribution in [3.63, 3.8) is 0 Å². The molecule has 0 aliphatic heterocycles. The Kier molecular flexibility index (Phi) is 3.22. The summed E-state index contributed by atoms with van der Waals surface area (Å²) in [4.78, 5) is 16.8. The van der Waals surface area contributed by atoms with Gasteiger partial charge in [0.2, 0.25) is 18.3 Å². The van der Waals surface area contributed by atoms with Gasteiger partial charge in [0.1, 0.15) is 11.6 Å². The van der Waals surface area contributed by atoms with Gasteiger partial charge >= 0.3 is 0 Å². The Labute approximate surface area is 99.5 Å². The fourth-order valence-corrected chi connectivity index (χ4v) is 1.40. The Hall–Kier alpha value is -2.44. The first-order valence-electron chi connectivity index (χ1n) is 4.80. The Morgan fingerprint density at radius 2 is 1.94 bits per heavy atom. The minimum Gasteiger partial charge on any atom is -0.313 e. The average molecular weight is 253 g/mol. The van der Waals surface area contributed by atoms with Crippen molar-refractivity contribution in [2.24, 2.45) is 0 Å². The number of hydrogen-bond donors (Lipinski definition) is 1. The lowest BCUT2D eigenvalue weighted by atomic mass is 10.1. The van der Waals surface area contributed by atoms with E-state index >= 15 is 0 Å². The molecular formula is C11H6F3N3O. The summed E-state index contributed by atoms with van der Waals surface area (Å²) in [5.74, 6) is -2.90. The molecule has 0 saturated heterocycles. The zero-order chi connectivity index (χ0) is 13.1. The Morgan fingerprint density at radius 1 is 1.17 bits per heavy atom. The molecule has 1 N–H and O–H groups in total. The van der Waals surface area contributed by atoms with Crippen LogP contribution in [0.1, 0.15) is 0 Å². The van der Waals surface area contributed by atoms with Crippen LogP contribution < -0.4 is 5.32 Å². The number of pyridine rings is 2. The van der Waals surface area contributed by atoms with Crippen molar-refractivity contribution >= 4 is 12.2 Å². The third-order valence-electron chi connectivity index (χ3n) is 2.17. The molecule has 0 radical (unpaired) electrons. The van der Waals surface area contributed by atoms with Crippen LogP contribution in [0, 0.1) is 17.7 Å². The topological polar surface area (TPSA) is 54.9 Å². The maximum Gasteiger partial charge on any atom is 0.223 e. The van der Waals surface area contributed by atoms with Gasteiger partial charge in [-0.15, -0.1) is 0 Å². The summed E-state index contributed by atoms with van der Waals surface area (Å²) >= 11 is 0. The zero-order valence-electron chi connectivity index (χ0n) is 8.82. The molecule has 92 valence electrons. The lowest BCUT2D eigenvalue weighted by molar-refractivity contribution is -0.105. The molecular weight excluding hydrogens is 247 g/mol. The number of anilines is 1. The summed E-state index contributed by atoms with van der Waals surface area (Å²) in [5.41, 5.74) is -0.385. The van der Waals surface area contributed by atoms with Gasteiger partial charge in [-0.2, -0.15) is 13.8 Å². The fraction of sp³-hybridized carbons (Fsp3) is 0. The summed E-state index contributed by atoms with van der Waals surface area (Å²) in [6.45, 7) is 0. The van der Waals surface area contributed by atoms with E-state index in [1.165, 1.54) is 0 Å². The number of nitrogens with zero attached hydrogens (tertiary/aromatic N) is 2. The summed E-state index contributed by atoms with van der Waals surface area (Å²) in [7, 11) is 0. The molecule has 0 bridgehead atoms. The van der Waals surface area contributed by atoms with Crippen molar-refractivity contribution in [1.82, 2.24) is 9.97 Å². The van der Waals surface area contributed by atoms with E-state index in [1.807, 2.05) is 0 Å². The molecule has 0 spiro atoms. The van der Waals surface area contributed by atoms with Gasteiger partial charge in [0.05, 0.1) is 6.20 Å². The van der Waals surface area contributed by atoms with Gasteiger partial charge in [-0.1, -0.05) is 0 Å². The summed E-state index contributed by atoms with van der Waals surface area (Å²) in [6, 6.07) is 3.09. The molecule has 18 heavy (non-hydrogen) atoms. The van der Waals surface area contributed by atoms with Crippen LogP contribution in [0.2, 0.25) is 0 Å². The molecule has 2 rings (SSSR count). The van der Waals surface area contributed by atoms with Crippen molar-refractivity contribution in [2.45, 2.75) is 0 Å². The molecule has 2 aromatic rings. The number of carbonyl (C=O) groups is 1. The molecule has 0 fully saturated rings. The highest BCUT2D eigenvalue weighted by molar-refractivity contribution is 5.73. The molecule has 0 aliphatic carbocycles. The van der Waals surface area contributed by atoms with Crippen LogP contribution in [-0.4, -0.2) is 16.4 Å². The van der Waals surface area contributed by atoms with Crippen LogP contribution in [0.4, 0.5) is 19.0 Å². The number of nitrogens with one attached hydrogen (secondary N) is 1. The number of rotatable bonds is 3. The summed E-state index contributed by atoms with van der Waals surface area (Å²) in [6.07, 6.45) is 1.17. The second kappa shape index (κ2) is 4.82. The summed E-state index contributed by atoms with van der Waals surface area (Å²) < 4.78 is 39.6. The number of hydrogen-bond acceptors (Lipinski definition) is 3. The van der Waals surface area contributed by atoms with E-state index in [9.17, 15) is 18.0 Å². The van der Waals surface area contributed by atoms with Crippen molar-refractivity contribution in [3.8, 4) is 11.1 Å². The van der Waals surface area contributed by atoms with Crippen molar-refractivity contribution < 1.29 is 18.0 Å². The van der Waals surface area contributed by atoms with Gasteiger partial charge in [-0.25, -0.2) is 9.37 Å². The third-order valence-corrected chi connectivity index (χ3v) is 2.17. The Balaban J connectivity index is 2.55. The minimum atomic E-state index is -1.14. The van der Waals surface area contributed by atoms with Crippen LogP contribution in [0.25, 0.3) is 11.1 Å². The van der Waals surface area contributed by atoms with Gasteiger partial charge in [-0.3, -0.25) is 4.79 Å². The molecule has 1 amide bonds. The molecule has 0 aromatic carbocycles. The predicted molar refractivity (Wildman–Crippen MR) is 57.0 cm³/mol. The minimum absolute atomic E-state index is 0.0464. The fourth-order valence-electron chi connectivity index (χ4n) is 1.40. The quantitative estimate of drug-likeness (QED) is 0.673. The zero-order valence-corrected chi connectivity index (χ0v) is 8.82. The molecule has 0 aliphatic rings. The van der Waals surface area contributed by atoms with Crippen LogP contribution >= 0.6 is 0 Å². The molecule has 0 unspecified atom stereocenters. The average Bonchev–Trinajstić information content (AvgIpc) is 2.33. The number of aromatic nitrogens is 2. The van der Waals surface area contributed by atoms with Crippen LogP contribution in [0.15, 0.2) is 24.4 Å². The molecule has 2 heterocycles. The van der Waals surface area contributed by atoms with E-state index < -0.39 is 17.7 Å².